The van der Waals surface area contributed by atoms with Crippen LogP contribution in [0.15, 0.2) is 23.1 Å². The third-order valence-corrected chi connectivity index (χ3v) is 6.51. The van der Waals surface area contributed by atoms with Gasteiger partial charge in [0.2, 0.25) is 0 Å². The van der Waals surface area contributed by atoms with Gasteiger partial charge in [-0.05, 0) is 38.1 Å². The largest absolute Gasteiger partial charge is 0.316 e. The lowest BCUT2D eigenvalue weighted by atomic mass is 10.1. The van der Waals surface area contributed by atoms with Gasteiger partial charge in [0.15, 0.2) is 9.84 Å². The summed E-state index contributed by atoms with van der Waals surface area (Å²) in [5.74, 6) is 0. The topological polar surface area (TPSA) is 46.2 Å². The number of rotatable bonds is 7. The molecule has 1 rings (SSSR count). The van der Waals surface area contributed by atoms with Crippen LogP contribution >= 0.6 is 23.2 Å². The molecule has 0 spiro atoms. The van der Waals surface area contributed by atoms with E-state index in [1.807, 2.05) is 13.8 Å². The van der Waals surface area contributed by atoms with Crippen LogP contribution in [-0.2, 0) is 9.84 Å². The van der Waals surface area contributed by atoms with Gasteiger partial charge in [0.1, 0.15) is 0 Å². The molecule has 1 aromatic rings. The smallest absolute Gasteiger partial charge is 0.184 e. The number of sulfone groups is 1. The fraction of sp³-hybridized carbons (Fsp3) is 0.571. The van der Waals surface area contributed by atoms with Gasteiger partial charge < -0.3 is 5.32 Å². The van der Waals surface area contributed by atoms with Crippen molar-refractivity contribution < 1.29 is 8.42 Å². The van der Waals surface area contributed by atoms with Gasteiger partial charge in [0.05, 0.1) is 15.2 Å². The molecule has 114 valence electrons. The van der Waals surface area contributed by atoms with Gasteiger partial charge in [0, 0.05) is 11.1 Å². The summed E-state index contributed by atoms with van der Waals surface area (Å²) in [4.78, 5) is 0.120. The molecule has 0 aliphatic carbocycles. The Morgan fingerprint density at radius 1 is 1.25 bits per heavy atom. The fourth-order valence-corrected chi connectivity index (χ4v) is 5.18. The average Bonchev–Trinajstić information content (AvgIpc) is 2.40. The predicted molar refractivity (Wildman–Crippen MR) is 85.5 cm³/mol. The average molecular weight is 338 g/mol. The summed E-state index contributed by atoms with van der Waals surface area (Å²) < 4.78 is 25.7. The summed E-state index contributed by atoms with van der Waals surface area (Å²) in [5, 5.41) is 3.19. The molecule has 3 nitrogen and oxygen atoms in total. The standard InChI is InChI=1S/C14H21Cl2NO2S/c1-4-6-12(17-3)13(5-2)20(18,19)14-9-10(15)7-8-11(14)16/h7-9,12-13,17H,4-6H2,1-3H3. The molecular formula is C14H21Cl2NO2S. The number of nitrogens with one attached hydrogen (secondary N) is 1. The van der Waals surface area contributed by atoms with Crippen molar-refractivity contribution in [2.45, 2.75) is 49.3 Å². The third-order valence-electron chi connectivity index (χ3n) is 3.42. The molecule has 0 radical (unpaired) electrons. The zero-order valence-electron chi connectivity index (χ0n) is 12.0. The highest BCUT2D eigenvalue weighted by Crippen LogP contribution is 2.30. The first-order valence-electron chi connectivity index (χ1n) is 6.74. The molecule has 0 amide bonds. The maximum Gasteiger partial charge on any atom is 0.184 e. The molecule has 20 heavy (non-hydrogen) atoms. The second kappa shape index (κ2) is 7.64. The molecule has 2 atom stereocenters. The molecule has 0 saturated carbocycles. The summed E-state index contributed by atoms with van der Waals surface area (Å²) in [5.41, 5.74) is 0. The van der Waals surface area contributed by atoms with Gasteiger partial charge in [-0.3, -0.25) is 0 Å². The first-order chi connectivity index (χ1) is 9.38. The van der Waals surface area contributed by atoms with Crippen molar-refractivity contribution in [2.24, 2.45) is 0 Å². The molecule has 0 heterocycles. The Morgan fingerprint density at radius 3 is 2.40 bits per heavy atom. The van der Waals surface area contributed by atoms with Crippen LogP contribution in [0.2, 0.25) is 10.0 Å². The number of halogens is 2. The van der Waals surface area contributed by atoms with E-state index in [4.69, 9.17) is 23.2 Å². The lowest BCUT2D eigenvalue weighted by Gasteiger charge is -2.26. The zero-order valence-corrected chi connectivity index (χ0v) is 14.3. The van der Waals surface area contributed by atoms with Crippen molar-refractivity contribution in [3.8, 4) is 0 Å². The lowest BCUT2D eigenvalue weighted by molar-refractivity contribution is 0.464. The van der Waals surface area contributed by atoms with E-state index < -0.39 is 15.1 Å². The SMILES string of the molecule is CCCC(NC)C(CC)S(=O)(=O)c1cc(Cl)ccc1Cl. The Kier molecular flexibility index (Phi) is 6.79. The third kappa shape index (κ3) is 3.88. The molecular weight excluding hydrogens is 317 g/mol. The highest BCUT2D eigenvalue weighted by Gasteiger charge is 2.33. The van der Waals surface area contributed by atoms with Crippen LogP contribution in [0.1, 0.15) is 33.1 Å². The van der Waals surface area contributed by atoms with Crippen LogP contribution < -0.4 is 5.32 Å². The quantitative estimate of drug-likeness (QED) is 0.819. The first kappa shape index (κ1) is 17.8. The minimum atomic E-state index is -3.52. The van der Waals surface area contributed by atoms with Crippen molar-refractivity contribution in [3.63, 3.8) is 0 Å². The molecule has 0 fully saturated rings. The van der Waals surface area contributed by atoms with Crippen LogP contribution in [0.25, 0.3) is 0 Å². The molecule has 0 aromatic heterocycles. The van der Waals surface area contributed by atoms with E-state index in [0.29, 0.717) is 11.4 Å². The summed E-state index contributed by atoms with van der Waals surface area (Å²) in [6.07, 6.45) is 2.24. The minimum absolute atomic E-state index is 0.0925. The van der Waals surface area contributed by atoms with E-state index in [2.05, 4.69) is 5.32 Å². The maximum atomic E-state index is 12.8. The van der Waals surface area contributed by atoms with Crippen LogP contribution in [0, 0.1) is 0 Å². The fourth-order valence-electron chi connectivity index (χ4n) is 2.41. The minimum Gasteiger partial charge on any atom is -0.316 e. The van der Waals surface area contributed by atoms with Gasteiger partial charge in [-0.1, -0.05) is 43.5 Å². The maximum absolute atomic E-state index is 12.8. The highest BCUT2D eigenvalue weighted by molar-refractivity contribution is 7.92. The first-order valence-corrected chi connectivity index (χ1v) is 9.04. The Labute approximate surface area is 131 Å². The molecule has 0 aliphatic rings. The molecule has 0 aliphatic heterocycles. The van der Waals surface area contributed by atoms with E-state index in [0.717, 1.165) is 12.8 Å². The Morgan fingerprint density at radius 2 is 1.90 bits per heavy atom. The van der Waals surface area contributed by atoms with E-state index in [1.165, 1.54) is 12.1 Å². The van der Waals surface area contributed by atoms with Gasteiger partial charge in [-0.2, -0.15) is 0 Å². The lowest BCUT2D eigenvalue weighted by Crippen LogP contribution is -2.42. The molecule has 1 aromatic carbocycles. The molecule has 1 N–H and O–H groups in total. The second-order valence-corrected chi connectivity index (χ2v) is 7.73. The summed E-state index contributed by atoms with van der Waals surface area (Å²) in [6.45, 7) is 3.91. The Hall–Kier alpha value is -0.290. The predicted octanol–water partition coefficient (Wildman–Crippen LogP) is 3.93. The van der Waals surface area contributed by atoms with Crippen LogP contribution in [0.4, 0.5) is 0 Å². The van der Waals surface area contributed by atoms with Crippen molar-refractivity contribution in [2.75, 3.05) is 7.05 Å². The van der Waals surface area contributed by atoms with E-state index in [9.17, 15) is 8.42 Å². The van der Waals surface area contributed by atoms with E-state index in [-0.39, 0.29) is 16.0 Å². The molecule has 6 heteroatoms. The Balaban J connectivity index is 3.27. The normalized spacial score (nSPS) is 15.1. The summed E-state index contributed by atoms with van der Waals surface area (Å²) in [6, 6.07) is 4.45. The molecule has 0 saturated heterocycles. The second-order valence-electron chi connectivity index (χ2n) is 4.75. The van der Waals surface area contributed by atoms with E-state index in [1.54, 1.807) is 13.1 Å². The monoisotopic (exact) mass is 337 g/mol. The van der Waals surface area contributed by atoms with Crippen LogP contribution in [-0.4, -0.2) is 26.8 Å². The molecule has 0 bridgehead atoms. The summed E-state index contributed by atoms with van der Waals surface area (Å²) >= 11 is 12.0. The van der Waals surface area contributed by atoms with Crippen molar-refractivity contribution in [1.82, 2.24) is 5.32 Å². The highest BCUT2D eigenvalue weighted by atomic mass is 35.5. The van der Waals surface area contributed by atoms with Gasteiger partial charge in [-0.15, -0.1) is 0 Å². The number of hydrogen-bond acceptors (Lipinski definition) is 3. The van der Waals surface area contributed by atoms with Gasteiger partial charge in [-0.25, -0.2) is 8.42 Å². The number of hydrogen-bond donors (Lipinski definition) is 1. The van der Waals surface area contributed by atoms with Crippen LogP contribution in [0.5, 0.6) is 0 Å². The van der Waals surface area contributed by atoms with Crippen LogP contribution in [0.3, 0.4) is 0 Å². The Bertz CT molecular complexity index is 546. The van der Waals surface area contributed by atoms with E-state index >= 15 is 0 Å². The van der Waals surface area contributed by atoms with Gasteiger partial charge in [0.25, 0.3) is 0 Å². The molecule has 2 unspecified atom stereocenters. The van der Waals surface area contributed by atoms with Crippen molar-refractivity contribution in [1.29, 1.82) is 0 Å². The van der Waals surface area contributed by atoms with Gasteiger partial charge >= 0.3 is 0 Å². The number of benzene rings is 1. The summed E-state index contributed by atoms with van der Waals surface area (Å²) in [7, 11) is -1.73. The van der Waals surface area contributed by atoms with Crippen molar-refractivity contribution >= 4 is 33.0 Å². The zero-order chi connectivity index (χ0) is 15.3. The van der Waals surface area contributed by atoms with Crippen molar-refractivity contribution in [3.05, 3.63) is 28.2 Å².